The maximum Gasteiger partial charge on any atom is 0.246 e. The summed E-state index contributed by atoms with van der Waals surface area (Å²) in [4.78, 5) is 15.6. The first kappa shape index (κ1) is 19.3. The van der Waals surface area contributed by atoms with Crippen molar-refractivity contribution in [2.45, 2.75) is 45.2 Å². The first-order chi connectivity index (χ1) is 13.0. The molecule has 3 rings (SSSR count). The van der Waals surface area contributed by atoms with Gasteiger partial charge in [-0.05, 0) is 49.4 Å². The molecule has 0 spiro atoms. The van der Waals surface area contributed by atoms with E-state index in [-0.39, 0.29) is 18.0 Å². The highest BCUT2D eigenvalue weighted by Crippen LogP contribution is 2.40. The fourth-order valence-electron chi connectivity index (χ4n) is 3.99. The normalized spacial score (nSPS) is 18.0. The molecule has 1 aliphatic rings. The Hall–Kier alpha value is -2.43. The summed E-state index contributed by atoms with van der Waals surface area (Å²) in [6, 6.07) is 9.71. The average Bonchev–Trinajstić information content (AvgIpc) is 3.36. The number of likely N-dealkylation sites (tertiary alicyclic amines) is 1. The molecule has 2 heterocycles. The van der Waals surface area contributed by atoms with E-state index in [9.17, 15) is 4.79 Å². The standard InChI is InChI=1S/C22H30N2O3/c1-16(2)14-20(23-11-5-6-12-23)22(25)24-13-7-8-19(24)18-10-9-17(26-3)15-21(18)27-4/h5-6,9-12,15-16,19-20H,7-8,13-14H2,1-4H3/t19-,20+/m0/s1. The largest absolute Gasteiger partial charge is 0.497 e. The molecule has 0 aliphatic carbocycles. The number of rotatable bonds is 7. The summed E-state index contributed by atoms with van der Waals surface area (Å²) in [6.45, 7) is 5.12. The van der Waals surface area contributed by atoms with Crippen LogP contribution < -0.4 is 9.47 Å². The third-order valence-electron chi connectivity index (χ3n) is 5.30. The summed E-state index contributed by atoms with van der Waals surface area (Å²) in [5.41, 5.74) is 1.06. The molecule has 1 aromatic heterocycles. The number of benzene rings is 1. The SMILES string of the molecule is COc1ccc([C@@H]2CCCN2C(=O)[C@@H](CC(C)C)n2cccc2)c(OC)c1. The van der Waals surface area contributed by atoms with Crippen LogP contribution in [0, 0.1) is 5.92 Å². The molecule has 2 aromatic rings. The summed E-state index contributed by atoms with van der Waals surface area (Å²) in [5, 5.41) is 0. The Morgan fingerprint density at radius 3 is 2.56 bits per heavy atom. The molecular formula is C22H30N2O3. The van der Waals surface area contributed by atoms with Gasteiger partial charge in [0, 0.05) is 30.6 Å². The molecule has 146 valence electrons. The zero-order valence-corrected chi connectivity index (χ0v) is 16.7. The first-order valence-electron chi connectivity index (χ1n) is 9.70. The van der Waals surface area contributed by atoms with Gasteiger partial charge in [0.25, 0.3) is 0 Å². The molecule has 5 nitrogen and oxygen atoms in total. The van der Waals surface area contributed by atoms with Gasteiger partial charge in [-0.2, -0.15) is 0 Å². The molecule has 0 unspecified atom stereocenters. The lowest BCUT2D eigenvalue weighted by Gasteiger charge is -2.31. The van der Waals surface area contributed by atoms with Gasteiger partial charge in [-0.15, -0.1) is 0 Å². The monoisotopic (exact) mass is 370 g/mol. The minimum atomic E-state index is -0.162. The number of nitrogens with zero attached hydrogens (tertiary/aromatic N) is 2. The molecule has 1 aliphatic heterocycles. The van der Waals surface area contributed by atoms with Gasteiger partial charge in [0.1, 0.15) is 17.5 Å². The van der Waals surface area contributed by atoms with E-state index < -0.39 is 0 Å². The number of amides is 1. The number of ether oxygens (including phenoxy) is 2. The quantitative estimate of drug-likeness (QED) is 0.723. The van der Waals surface area contributed by atoms with E-state index in [1.807, 2.05) is 52.2 Å². The topological polar surface area (TPSA) is 43.7 Å². The van der Waals surface area contributed by atoms with Crippen LogP contribution >= 0.6 is 0 Å². The van der Waals surface area contributed by atoms with Crippen LogP contribution in [0.5, 0.6) is 11.5 Å². The van der Waals surface area contributed by atoms with E-state index in [0.717, 1.165) is 42.9 Å². The highest BCUT2D eigenvalue weighted by Gasteiger charge is 2.36. The van der Waals surface area contributed by atoms with Gasteiger partial charge in [0.2, 0.25) is 5.91 Å². The summed E-state index contributed by atoms with van der Waals surface area (Å²) in [6.07, 6.45) is 6.77. The van der Waals surface area contributed by atoms with Crippen molar-refractivity contribution in [2.24, 2.45) is 5.92 Å². The molecule has 1 fully saturated rings. The molecule has 0 N–H and O–H groups in total. The van der Waals surface area contributed by atoms with Crippen LogP contribution in [0.3, 0.4) is 0 Å². The van der Waals surface area contributed by atoms with Crippen LogP contribution in [-0.2, 0) is 4.79 Å². The van der Waals surface area contributed by atoms with Crippen molar-refractivity contribution in [2.75, 3.05) is 20.8 Å². The number of aromatic nitrogens is 1. The number of carbonyl (C=O) groups is 1. The van der Waals surface area contributed by atoms with Gasteiger partial charge in [-0.25, -0.2) is 0 Å². The lowest BCUT2D eigenvalue weighted by molar-refractivity contribution is -0.136. The first-order valence-corrected chi connectivity index (χ1v) is 9.70. The zero-order chi connectivity index (χ0) is 19.4. The number of hydrogen-bond acceptors (Lipinski definition) is 3. The van der Waals surface area contributed by atoms with Crippen molar-refractivity contribution in [1.82, 2.24) is 9.47 Å². The second-order valence-corrected chi connectivity index (χ2v) is 7.57. The number of hydrogen-bond donors (Lipinski definition) is 0. The Labute approximate surface area is 161 Å². The maximum atomic E-state index is 13.5. The third kappa shape index (κ3) is 4.12. The molecule has 0 bridgehead atoms. The van der Waals surface area contributed by atoms with Crippen molar-refractivity contribution < 1.29 is 14.3 Å². The van der Waals surface area contributed by atoms with Crippen molar-refractivity contribution in [3.05, 3.63) is 48.3 Å². The summed E-state index contributed by atoms with van der Waals surface area (Å²) >= 11 is 0. The summed E-state index contributed by atoms with van der Waals surface area (Å²) < 4.78 is 13.0. The minimum Gasteiger partial charge on any atom is -0.497 e. The van der Waals surface area contributed by atoms with Crippen molar-refractivity contribution in [3.8, 4) is 11.5 Å². The molecule has 5 heteroatoms. The highest BCUT2D eigenvalue weighted by atomic mass is 16.5. The molecule has 2 atom stereocenters. The van der Waals surface area contributed by atoms with E-state index in [2.05, 4.69) is 13.8 Å². The smallest absolute Gasteiger partial charge is 0.246 e. The molecule has 1 amide bonds. The Bertz CT molecular complexity index is 755. The molecule has 1 saturated heterocycles. The van der Waals surface area contributed by atoms with Crippen LogP contribution in [0.2, 0.25) is 0 Å². The lowest BCUT2D eigenvalue weighted by atomic mass is 9.99. The van der Waals surface area contributed by atoms with Gasteiger partial charge >= 0.3 is 0 Å². The fraction of sp³-hybridized carbons (Fsp3) is 0.500. The maximum absolute atomic E-state index is 13.5. The highest BCUT2D eigenvalue weighted by molar-refractivity contribution is 5.81. The van der Waals surface area contributed by atoms with Crippen LogP contribution in [0.4, 0.5) is 0 Å². The van der Waals surface area contributed by atoms with Crippen molar-refractivity contribution >= 4 is 5.91 Å². The van der Waals surface area contributed by atoms with E-state index in [4.69, 9.17) is 9.47 Å². The predicted octanol–water partition coefficient (Wildman–Crippen LogP) is 4.46. The van der Waals surface area contributed by atoms with Gasteiger partial charge in [0.15, 0.2) is 0 Å². The van der Waals surface area contributed by atoms with Gasteiger partial charge < -0.3 is 18.9 Å². The van der Waals surface area contributed by atoms with E-state index in [0.29, 0.717) is 5.92 Å². The number of methoxy groups -OCH3 is 2. The Balaban J connectivity index is 1.90. The summed E-state index contributed by atoms with van der Waals surface area (Å²) in [5.74, 6) is 2.18. The second kappa shape index (κ2) is 8.51. The van der Waals surface area contributed by atoms with E-state index in [1.54, 1.807) is 14.2 Å². The van der Waals surface area contributed by atoms with Crippen LogP contribution in [-0.4, -0.2) is 36.1 Å². The Morgan fingerprint density at radius 1 is 1.19 bits per heavy atom. The van der Waals surface area contributed by atoms with Gasteiger partial charge in [-0.1, -0.05) is 13.8 Å². The molecule has 1 aromatic carbocycles. The minimum absolute atomic E-state index is 0.0450. The van der Waals surface area contributed by atoms with Crippen LogP contribution in [0.25, 0.3) is 0 Å². The number of carbonyl (C=O) groups excluding carboxylic acids is 1. The van der Waals surface area contributed by atoms with Crippen LogP contribution in [0.1, 0.15) is 50.8 Å². The molecule has 27 heavy (non-hydrogen) atoms. The van der Waals surface area contributed by atoms with E-state index >= 15 is 0 Å². The van der Waals surface area contributed by atoms with Crippen LogP contribution in [0.15, 0.2) is 42.7 Å². The Morgan fingerprint density at radius 2 is 1.93 bits per heavy atom. The molecule has 0 radical (unpaired) electrons. The summed E-state index contributed by atoms with van der Waals surface area (Å²) in [7, 11) is 3.31. The predicted molar refractivity (Wildman–Crippen MR) is 106 cm³/mol. The molecule has 0 saturated carbocycles. The van der Waals surface area contributed by atoms with Gasteiger partial charge in [0.05, 0.1) is 20.3 Å². The van der Waals surface area contributed by atoms with Crippen molar-refractivity contribution in [1.29, 1.82) is 0 Å². The van der Waals surface area contributed by atoms with Gasteiger partial charge in [-0.3, -0.25) is 4.79 Å². The zero-order valence-electron chi connectivity index (χ0n) is 16.7. The van der Waals surface area contributed by atoms with E-state index in [1.165, 1.54) is 0 Å². The molecular weight excluding hydrogens is 340 g/mol. The second-order valence-electron chi connectivity index (χ2n) is 7.57. The Kier molecular flexibility index (Phi) is 6.09. The lowest BCUT2D eigenvalue weighted by Crippen LogP contribution is -2.37. The van der Waals surface area contributed by atoms with Crippen molar-refractivity contribution in [3.63, 3.8) is 0 Å². The average molecular weight is 370 g/mol. The fourth-order valence-corrected chi connectivity index (χ4v) is 3.99. The third-order valence-corrected chi connectivity index (χ3v) is 5.30.